The summed E-state index contributed by atoms with van der Waals surface area (Å²) in [6.07, 6.45) is 0. The van der Waals surface area contributed by atoms with Crippen molar-refractivity contribution in [1.29, 1.82) is 0 Å². The van der Waals surface area contributed by atoms with E-state index >= 15 is 0 Å². The first kappa shape index (κ1) is 13.4. The highest BCUT2D eigenvalue weighted by Crippen LogP contribution is 2.16. The highest BCUT2D eigenvalue weighted by molar-refractivity contribution is 14.1. The summed E-state index contributed by atoms with van der Waals surface area (Å²) in [4.78, 5) is 26.2. The molecule has 2 aromatic heterocycles. The van der Waals surface area contributed by atoms with E-state index < -0.39 is 5.97 Å². The number of hydrogen-bond acceptors (Lipinski definition) is 5. The van der Waals surface area contributed by atoms with Crippen LogP contribution in [-0.4, -0.2) is 22.0 Å². The molecule has 0 radical (unpaired) electrons. The van der Waals surface area contributed by atoms with Crippen LogP contribution < -0.4 is 5.32 Å². The van der Waals surface area contributed by atoms with Gasteiger partial charge in [-0.05, 0) is 28.7 Å². The number of thiophene rings is 1. The van der Waals surface area contributed by atoms with E-state index in [2.05, 4.69) is 32.9 Å². The predicted octanol–water partition coefficient (Wildman–Crippen LogP) is 2.44. The predicted molar refractivity (Wildman–Crippen MR) is 77.3 cm³/mol. The van der Waals surface area contributed by atoms with Crippen LogP contribution >= 0.6 is 45.3 Å². The highest BCUT2D eigenvalue weighted by atomic mass is 127. The molecule has 0 aromatic carbocycles. The van der Waals surface area contributed by atoms with Gasteiger partial charge in [0, 0.05) is 10.8 Å². The van der Waals surface area contributed by atoms with Crippen molar-refractivity contribution < 1.29 is 14.7 Å². The lowest BCUT2D eigenvalue weighted by Gasteiger charge is -1.99. The van der Waals surface area contributed by atoms with Crippen LogP contribution in [0.3, 0.4) is 0 Å². The lowest BCUT2D eigenvalue weighted by atomic mass is 10.3. The van der Waals surface area contributed by atoms with Crippen molar-refractivity contribution >= 4 is 57.1 Å². The Kier molecular flexibility index (Phi) is 4.30. The molecule has 0 unspecified atom stereocenters. The SMILES string of the molecule is O=C(NCc1nc(C(=O)O)cs1)c1csc(I)c1. The van der Waals surface area contributed by atoms with Crippen LogP contribution in [0.15, 0.2) is 16.8 Å². The Morgan fingerprint density at radius 3 is 2.72 bits per heavy atom. The van der Waals surface area contributed by atoms with E-state index in [-0.39, 0.29) is 18.1 Å². The molecule has 8 heteroatoms. The first-order valence-corrected chi connectivity index (χ1v) is 7.60. The monoisotopic (exact) mass is 394 g/mol. The van der Waals surface area contributed by atoms with E-state index in [9.17, 15) is 9.59 Å². The van der Waals surface area contributed by atoms with Crippen molar-refractivity contribution in [2.45, 2.75) is 6.54 Å². The lowest BCUT2D eigenvalue weighted by Crippen LogP contribution is -2.22. The number of carboxylic acid groups (broad SMARTS) is 1. The molecule has 0 saturated heterocycles. The Hall–Kier alpha value is -1.00. The Labute approximate surface area is 124 Å². The Balaban J connectivity index is 1.95. The summed E-state index contributed by atoms with van der Waals surface area (Å²) in [6.45, 7) is 0.239. The number of nitrogens with zero attached hydrogens (tertiary/aromatic N) is 1. The zero-order valence-corrected chi connectivity index (χ0v) is 12.6. The first-order chi connectivity index (χ1) is 8.56. The molecule has 0 aliphatic rings. The van der Waals surface area contributed by atoms with Gasteiger partial charge in [-0.15, -0.1) is 22.7 Å². The van der Waals surface area contributed by atoms with Gasteiger partial charge in [0.05, 0.1) is 15.0 Å². The number of hydrogen-bond donors (Lipinski definition) is 2. The quantitative estimate of drug-likeness (QED) is 0.781. The number of carbonyl (C=O) groups excluding carboxylic acids is 1. The van der Waals surface area contributed by atoms with Crippen LogP contribution in [0.2, 0.25) is 0 Å². The van der Waals surface area contributed by atoms with E-state index in [4.69, 9.17) is 5.11 Å². The Bertz CT molecular complexity index is 593. The number of amides is 1. The van der Waals surface area contributed by atoms with Crippen molar-refractivity contribution in [2.24, 2.45) is 0 Å². The van der Waals surface area contributed by atoms with Gasteiger partial charge < -0.3 is 10.4 Å². The number of nitrogens with one attached hydrogen (secondary N) is 1. The molecule has 1 amide bonds. The maximum absolute atomic E-state index is 11.7. The Morgan fingerprint density at radius 1 is 1.39 bits per heavy atom. The molecule has 2 heterocycles. The number of aromatic carboxylic acids is 1. The van der Waals surface area contributed by atoms with E-state index in [0.29, 0.717) is 10.6 Å². The van der Waals surface area contributed by atoms with Crippen LogP contribution in [-0.2, 0) is 6.54 Å². The zero-order chi connectivity index (χ0) is 13.1. The van der Waals surface area contributed by atoms with E-state index in [0.717, 1.165) is 2.88 Å². The third-order valence-corrected chi connectivity index (χ3v) is 4.64. The van der Waals surface area contributed by atoms with Crippen molar-refractivity contribution in [2.75, 3.05) is 0 Å². The molecule has 0 spiro atoms. The van der Waals surface area contributed by atoms with Crippen LogP contribution in [0.25, 0.3) is 0 Å². The number of carbonyl (C=O) groups is 2. The first-order valence-electron chi connectivity index (χ1n) is 4.76. The minimum Gasteiger partial charge on any atom is -0.476 e. The molecule has 2 rings (SSSR count). The molecule has 2 N–H and O–H groups in total. The van der Waals surface area contributed by atoms with Gasteiger partial charge in [-0.3, -0.25) is 4.79 Å². The number of halogens is 1. The number of aromatic nitrogens is 1. The summed E-state index contributed by atoms with van der Waals surface area (Å²) in [5, 5.41) is 15.2. The molecule has 18 heavy (non-hydrogen) atoms. The molecule has 0 fully saturated rings. The molecule has 94 valence electrons. The molecule has 0 atom stereocenters. The minimum absolute atomic E-state index is 0.00864. The van der Waals surface area contributed by atoms with Gasteiger partial charge in [-0.2, -0.15) is 0 Å². The maximum atomic E-state index is 11.7. The molecular weight excluding hydrogens is 387 g/mol. The summed E-state index contributed by atoms with van der Waals surface area (Å²) < 4.78 is 1.04. The Morgan fingerprint density at radius 2 is 2.17 bits per heavy atom. The fourth-order valence-electron chi connectivity index (χ4n) is 1.18. The van der Waals surface area contributed by atoms with Gasteiger partial charge in [-0.1, -0.05) is 0 Å². The fourth-order valence-corrected chi connectivity index (χ4v) is 3.21. The summed E-state index contributed by atoms with van der Waals surface area (Å²) in [7, 11) is 0. The van der Waals surface area contributed by atoms with Gasteiger partial charge >= 0.3 is 5.97 Å². The zero-order valence-electron chi connectivity index (χ0n) is 8.84. The summed E-state index contributed by atoms with van der Waals surface area (Å²) in [5.74, 6) is -1.24. The summed E-state index contributed by atoms with van der Waals surface area (Å²) >= 11 is 4.86. The van der Waals surface area contributed by atoms with Crippen LogP contribution in [0.4, 0.5) is 0 Å². The van der Waals surface area contributed by atoms with Crippen LogP contribution in [0.1, 0.15) is 25.9 Å². The molecule has 2 aromatic rings. The highest BCUT2D eigenvalue weighted by Gasteiger charge is 2.11. The topological polar surface area (TPSA) is 79.3 Å². The summed E-state index contributed by atoms with van der Waals surface area (Å²) in [5.41, 5.74) is 0.619. The molecule has 0 saturated carbocycles. The van der Waals surface area contributed by atoms with E-state index in [1.54, 1.807) is 11.4 Å². The lowest BCUT2D eigenvalue weighted by molar-refractivity contribution is 0.0691. The van der Waals surface area contributed by atoms with Gasteiger partial charge in [0.2, 0.25) is 0 Å². The maximum Gasteiger partial charge on any atom is 0.355 e. The average molecular weight is 394 g/mol. The van der Waals surface area contributed by atoms with Crippen molar-refractivity contribution in [3.8, 4) is 0 Å². The second-order valence-corrected chi connectivity index (χ2v) is 7.00. The van der Waals surface area contributed by atoms with Crippen molar-refractivity contribution in [3.05, 3.63) is 36.0 Å². The second-order valence-electron chi connectivity index (χ2n) is 3.25. The molecule has 0 aliphatic heterocycles. The minimum atomic E-state index is -1.06. The van der Waals surface area contributed by atoms with Crippen molar-refractivity contribution in [3.63, 3.8) is 0 Å². The molecule has 0 bridgehead atoms. The van der Waals surface area contributed by atoms with Gasteiger partial charge in [-0.25, -0.2) is 9.78 Å². The number of thiazole rings is 1. The van der Waals surface area contributed by atoms with Gasteiger partial charge in [0.1, 0.15) is 5.01 Å². The number of carboxylic acids is 1. The molecule has 0 aliphatic carbocycles. The largest absolute Gasteiger partial charge is 0.476 e. The smallest absolute Gasteiger partial charge is 0.355 e. The van der Waals surface area contributed by atoms with E-state index in [1.807, 2.05) is 0 Å². The molecular formula is C10H7IN2O3S2. The molecule has 5 nitrogen and oxygen atoms in total. The summed E-state index contributed by atoms with van der Waals surface area (Å²) in [6, 6.07) is 1.80. The normalized spacial score (nSPS) is 10.3. The standard InChI is InChI=1S/C10H7IN2O3S2/c11-7-1-5(3-17-7)9(14)12-2-8-13-6(4-18-8)10(15)16/h1,3-4H,2H2,(H,12,14)(H,15,16). The van der Waals surface area contributed by atoms with E-state index in [1.165, 1.54) is 28.1 Å². The third kappa shape index (κ3) is 3.27. The van der Waals surface area contributed by atoms with Gasteiger partial charge in [0.15, 0.2) is 5.69 Å². The average Bonchev–Trinajstić information content (AvgIpc) is 2.94. The second kappa shape index (κ2) is 5.76. The van der Waals surface area contributed by atoms with Crippen LogP contribution in [0.5, 0.6) is 0 Å². The van der Waals surface area contributed by atoms with Gasteiger partial charge in [0.25, 0.3) is 5.91 Å². The van der Waals surface area contributed by atoms with Crippen molar-refractivity contribution in [1.82, 2.24) is 10.3 Å². The number of rotatable bonds is 4. The third-order valence-electron chi connectivity index (χ3n) is 2.00. The fraction of sp³-hybridized carbons (Fsp3) is 0.100. The van der Waals surface area contributed by atoms with Crippen LogP contribution in [0, 0.1) is 2.88 Å².